The zero-order valence-corrected chi connectivity index (χ0v) is 16.9. The number of amides is 2. The van der Waals surface area contributed by atoms with Crippen LogP contribution in [0.4, 0.5) is 11.4 Å². The Morgan fingerprint density at radius 3 is 1.90 bits per heavy atom. The molecule has 30 heavy (non-hydrogen) atoms. The van der Waals surface area contributed by atoms with Crippen molar-refractivity contribution in [3.63, 3.8) is 0 Å². The molecule has 2 spiro atoms. The van der Waals surface area contributed by atoms with E-state index in [9.17, 15) is 20.1 Å². The summed E-state index contributed by atoms with van der Waals surface area (Å²) in [7, 11) is 5.03. The minimum absolute atomic E-state index is 0.0260. The van der Waals surface area contributed by atoms with E-state index in [0.717, 1.165) is 0 Å². The Hall–Kier alpha value is -3.68. The van der Waals surface area contributed by atoms with Crippen molar-refractivity contribution in [2.45, 2.75) is 11.0 Å². The summed E-state index contributed by atoms with van der Waals surface area (Å²) in [6.45, 7) is -0.0260. The minimum atomic E-state index is -1.74. The third-order valence-corrected chi connectivity index (χ3v) is 7.18. The molecule has 7 heteroatoms. The van der Waals surface area contributed by atoms with Crippen LogP contribution in [0.15, 0.2) is 48.5 Å². The van der Waals surface area contributed by atoms with Crippen molar-refractivity contribution in [1.29, 1.82) is 10.5 Å². The van der Waals surface area contributed by atoms with Crippen molar-refractivity contribution in [3.8, 4) is 12.1 Å². The summed E-state index contributed by atoms with van der Waals surface area (Å²) in [5.41, 5.74) is -2.45. The number of carbonyl (C=O) groups is 2. The molecule has 0 unspecified atom stereocenters. The molecule has 1 saturated heterocycles. The van der Waals surface area contributed by atoms with Gasteiger partial charge in [0.2, 0.25) is 5.91 Å². The number of likely N-dealkylation sites (N-methyl/N-ethyl adjacent to an activating group) is 3. The molecule has 148 valence electrons. The molecule has 2 aromatic rings. The maximum absolute atomic E-state index is 14.1. The van der Waals surface area contributed by atoms with Gasteiger partial charge in [-0.1, -0.05) is 36.4 Å². The van der Waals surface area contributed by atoms with E-state index in [1.165, 1.54) is 9.80 Å². The van der Waals surface area contributed by atoms with E-state index in [1.807, 2.05) is 30.3 Å². The number of fused-ring (bicyclic) bond motifs is 5. The number of nitrogens with zero attached hydrogens (tertiary/aromatic N) is 5. The number of benzene rings is 2. The molecule has 0 aliphatic carbocycles. The topological polar surface area (TPSA) is 91.4 Å². The number of likely N-dealkylation sites (tertiary alicyclic amines) is 1. The molecule has 3 aliphatic heterocycles. The fourth-order valence-corrected chi connectivity index (χ4v) is 6.04. The van der Waals surface area contributed by atoms with E-state index < -0.39 is 22.3 Å². The first kappa shape index (κ1) is 18.4. The number of hydrogen-bond acceptors (Lipinski definition) is 5. The number of anilines is 2. The summed E-state index contributed by atoms with van der Waals surface area (Å²) in [5.74, 6) is -0.716. The highest BCUT2D eigenvalue weighted by atomic mass is 16.2. The molecule has 3 heterocycles. The zero-order valence-electron chi connectivity index (χ0n) is 16.9. The molecule has 0 radical (unpaired) electrons. The Morgan fingerprint density at radius 2 is 1.30 bits per heavy atom. The van der Waals surface area contributed by atoms with Crippen LogP contribution < -0.4 is 9.80 Å². The second kappa shape index (κ2) is 5.47. The third-order valence-electron chi connectivity index (χ3n) is 7.18. The van der Waals surface area contributed by atoms with Crippen molar-refractivity contribution >= 4 is 23.2 Å². The molecule has 0 saturated carbocycles. The van der Waals surface area contributed by atoms with Crippen LogP contribution >= 0.6 is 0 Å². The normalized spacial score (nSPS) is 28.7. The SMILES string of the molecule is CN1C(=O)[C@]2(c3ccccc31)N(C)CC(C#N)(C#N)[C@@]21C(=O)N(C)c2ccccc21. The Bertz CT molecular complexity index is 1210. The van der Waals surface area contributed by atoms with Crippen LogP contribution in [0.3, 0.4) is 0 Å². The van der Waals surface area contributed by atoms with Gasteiger partial charge in [-0.3, -0.25) is 14.5 Å². The maximum atomic E-state index is 14.1. The first-order chi connectivity index (χ1) is 14.3. The first-order valence-electron chi connectivity index (χ1n) is 9.64. The largest absolute Gasteiger partial charge is 0.314 e. The van der Waals surface area contributed by atoms with Crippen molar-refractivity contribution in [2.24, 2.45) is 5.41 Å². The van der Waals surface area contributed by atoms with Gasteiger partial charge in [0.05, 0.1) is 12.1 Å². The summed E-state index contributed by atoms with van der Waals surface area (Å²) < 4.78 is 0. The van der Waals surface area contributed by atoms with Crippen molar-refractivity contribution in [3.05, 3.63) is 59.7 Å². The Kier molecular flexibility index (Phi) is 3.35. The number of rotatable bonds is 0. The Morgan fingerprint density at radius 1 is 0.800 bits per heavy atom. The fourth-order valence-electron chi connectivity index (χ4n) is 6.04. The maximum Gasteiger partial charge on any atom is 0.253 e. The minimum Gasteiger partial charge on any atom is -0.314 e. The molecule has 2 atom stereocenters. The number of carbonyl (C=O) groups excluding carboxylic acids is 2. The number of nitriles is 2. The monoisotopic (exact) mass is 397 g/mol. The lowest BCUT2D eigenvalue weighted by Crippen LogP contribution is -2.64. The van der Waals surface area contributed by atoms with Crippen molar-refractivity contribution in [2.75, 3.05) is 37.5 Å². The number of hydrogen-bond donors (Lipinski definition) is 0. The van der Waals surface area contributed by atoms with Crippen LogP contribution in [0.5, 0.6) is 0 Å². The van der Waals surface area contributed by atoms with Crippen LogP contribution in [0.2, 0.25) is 0 Å². The van der Waals surface area contributed by atoms with Gasteiger partial charge in [0, 0.05) is 37.6 Å². The van der Waals surface area contributed by atoms with E-state index in [2.05, 4.69) is 12.1 Å². The molecule has 2 aromatic carbocycles. The van der Waals surface area contributed by atoms with Crippen LogP contribution in [0.1, 0.15) is 11.1 Å². The van der Waals surface area contributed by atoms with Gasteiger partial charge >= 0.3 is 0 Å². The molecule has 5 rings (SSSR count). The zero-order chi connectivity index (χ0) is 21.5. The van der Waals surface area contributed by atoms with E-state index in [0.29, 0.717) is 22.5 Å². The predicted octanol–water partition coefficient (Wildman–Crippen LogP) is 1.75. The highest BCUT2D eigenvalue weighted by molar-refractivity contribution is 6.19. The lowest BCUT2D eigenvalue weighted by molar-refractivity contribution is -0.139. The molecular weight excluding hydrogens is 378 g/mol. The summed E-state index contributed by atoms with van der Waals surface area (Å²) in [4.78, 5) is 32.9. The van der Waals surface area contributed by atoms with E-state index in [4.69, 9.17) is 0 Å². The molecule has 2 amide bonds. The highest BCUT2D eigenvalue weighted by Crippen LogP contribution is 2.68. The predicted molar refractivity (Wildman–Crippen MR) is 109 cm³/mol. The average molecular weight is 397 g/mol. The molecule has 1 fully saturated rings. The van der Waals surface area contributed by atoms with Gasteiger partial charge in [-0.2, -0.15) is 10.5 Å². The Labute approximate surface area is 174 Å². The molecule has 0 N–H and O–H groups in total. The first-order valence-corrected chi connectivity index (χ1v) is 9.64. The lowest BCUT2D eigenvalue weighted by atomic mass is 9.53. The summed E-state index contributed by atoms with van der Waals surface area (Å²) >= 11 is 0. The fraction of sp³-hybridized carbons (Fsp3) is 0.304. The standard InChI is InChI=1S/C23H19N5O2/c1-26-14-21(12-24,13-25)22(15-8-4-6-10-17(15)27(2)19(22)29)23(26)16-9-5-7-11-18(16)28(3)20(23)30/h4-11H,14H2,1-3H3/t22-,23+/m1/s1. The quantitative estimate of drug-likeness (QED) is 0.675. The highest BCUT2D eigenvalue weighted by Gasteiger charge is 2.83. The summed E-state index contributed by atoms with van der Waals surface area (Å²) in [6, 6.07) is 18.8. The van der Waals surface area contributed by atoms with Crippen LogP contribution in [0.25, 0.3) is 0 Å². The van der Waals surface area contributed by atoms with Crippen LogP contribution in [0, 0.1) is 28.1 Å². The Balaban J connectivity index is 2.03. The van der Waals surface area contributed by atoms with Crippen molar-refractivity contribution < 1.29 is 9.59 Å². The molecular formula is C23H19N5O2. The lowest BCUT2D eigenvalue weighted by Gasteiger charge is -2.44. The average Bonchev–Trinajstić information content (AvgIpc) is 3.26. The van der Waals surface area contributed by atoms with Crippen LogP contribution in [-0.4, -0.2) is 44.4 Å². The smallest absolute Gasteiger partial charge is 0.253 e. The van der Waals surface area contributed by atoms with Gasteiger partial charge in [-0.15, -0.1) is 0 Å². The van der Waals surface area contributed by atoms with E-state index in [-0.39, 0.29) is 12.5 Å². The summed E-state index contributed by atoms with van der Waals surface area (Å²) in [6.07, 6.45) is 0. The molecule has 3 aliphatic rings. The van der Waals surface area contributed by atoms with Gasteiger partial charge < -0.3 is 9.80 Å². The molecule has 7 nitrogen and oxygen atoms in total. The van der Waals surface area contributed by atoms with Gasteiger partial charge in [0.15, 0.2) is 5.41 Å². The second-order valence-corrected chi connectivity index (χ2v) is 8.21. The van der Waals surface area contributed by atoms with Gasteiger partial charge in [0.25, 0.3) is 5.91 Å². The summed E-state index contributed by atoms with van der Waals surface area (Å²) in [5, 5.41) is 20.7. The van der Waals surface area contributed by atoms with Crippen LogP contribution in [-0.2, 0) is 20.5 Å². The van der Waals surface area contributed by atoms with Gasteiger partial charge in [-0.05, 0) is 24.7 Å². The van der Waals surface area contributed by atoms with Gasteiger partial charge in [-0.25, -0.2) is 0 Å². The van der Waals surface area contributed by atoms with Gasteiger partial charge in [0.1, 0.15) is 11.0 Å². The molecule has 0 aromatic heterocycles. The van der Waals surface area contributed by atoms with Crippen molar-refractivity contribution in [1.82, 2.24) is 4.90 Å². The second-order valence-electron chi connectivity index (χ2n) is 8.21. The number of para-hydroxylation sites is 2. The van der Waals surface area contributed by atoms with E-state index in [1.54, 1.807) is 44.2 Å². The van der Waals surface area contributed by atoms with E-state index >= 15 is 0 Å². The molecule has 0 bridgehead atoms. The third kappa shape index (κ3) is 1.52.